The zero-order valence-electron chi connectivity index (χ0n) is 14.8. The van der Waals surface area contributed by atoms with E-state index in [0.29, 0.717) is 0 Å². The van der Waals surface area contributed by atoms with Crippen LogP contribution in [0.1, 0.15) is 46.5 Å². The molecule has 0 saturated carbocycles. The molecule has 0 radical (unpaired) electrons. The molecule has 2 rings (SSSR count). The van der Waals surface area contributed by atoms with Gasteiger partial charge in [0.05, 0.1) is 18.9 Å². The van der Waals surface area contributed by atoms with E-state index < -0.39 is 23.6 Å². The molecule has 1 aliphatic carbocycles. The number of allylic oxidation sites excluding steroid dienone is 4. The topological polar surface area (TPSA) is 72.8 Å². The van der Waals surface area contributed by atoms with Crippen LogP contribution in [0.25, 0.3) is 0 Å². The van der Waals surface area contributed by atoms with Crippen molar-refractivity contribution in [1.82, 2.24) is 0 Å². The van der Waals surface area contributed by atoms with E-state index in [0.717, 1.165) is 18.4 Å². The summed E-state index contributed by atoms with van der Waals surface area (Å²) in [6.07, 6.45) is 5.66. The van der Waals surface area contributed by atoms with Crippen molar-refractivity contribution in [1.29, 1.82) is 0 Å². The first-order valence-electron chi connectivity index (χ1n) is 8.26. The Labute approximate surface area is 143 Å². The molecule has 24 heavy (non-hydrogen) atoms. The third-order valence-electron chi connectivity index (χ3n) is 4.68. The summed E-state index contributed by atoms with van der Waals surface area (Å²) in [5.41, 5.74) is 1.31. The van der Waals surface area contributed by atoms with Crippen molar-refractivity contribution < 1.29 is 24.2 Å². The lowest BCUT2D eigenvalue weighted by atomic mass is 9.69. The molecule has 5 nitrogen and oxygen atoms in total. The van der Waals surface area contributed by atoms with Gasteiger partial charge in [0.25, 0.3) is 0 Å². The van der Waals surface area contributed by atoms with Crippen LogP contribution >= 0.6 is 0 Å². The van der Waals surface area contributed by atoms with Crippen molar-refractivity contribution in [3.8, 4) is 0 Å². The number of hydrogen-bond acceptors (Lipinski definition) is 5. The molecule has 1 heterocycles. The highest BCUT2D eigenvalue weighted by atomic mass is 16.6. The van der Waals surface area contributed by atoms with Crippen molar-refractivity contribution in [3.63, 3.8) is 0 Å². The molecule has 0 aromatic heterocycles. The SMILES string of the molecule is COC1=CC(=O)C2(CC(=O)O[C@@H]2C=C(C)CCC=C(C)C)C[C@@H]1O. The van der Waals surface area contributed by atoms with Crippen LogP contribution in [0.15, 0.2) is 35.1 Å². The van der Waals surface area contributed by atoms with Gasteiger partial charge in [0.1, 0.15) is 18.0 Å². The summed E-state index contributed by atoms with van der Waals surface area (Å²) >= 11 is 0. The van der Waals surface area contributed by atoms with E-state index in [1.807, 2.05) is 13.0 Å². The van der Waals surface area contributed by atoms with Gasteiger partial charge in [-0.2, -0.15) is 0 Å². The minimum absolute atomic E-state index is 0.00119. The maximum Gasteiger partial charge on any atom is 0.307 e. The maximum atomic E-state index is 12.6. The monoisotopic (exact) mass is 334 g/mol. The highest BCUT2D eigenvalue weighted by molar-refractivity contribution is 6.00. The van der Waals surface area contributed by atoms with Crippen molar-refractivity contribution in [2.75, 3.05) is 7.11 Å². The van der Waals surface area contributed by atoms with Gasteiger partial charge >= 0.3 is 5.97 Å². The minimum Gasteiger partial charge on any atom is -0.498 e. The number of cyclic esters (lactones) is 1. The fourth-order valence-corrected chi connectivity index (χ4v) is 3.30. The predicted octanol–water partition coefficient (Wildman–Crippen LogP) is 2.85. The first-order valence-corrected chi connectivity index (χ1v) is 8.26. The van der Waals surface area contributed by atoms with Gasteiger partial charge in [0.15, 0.2) is 5.78 Å². The number of carbonyl (C=O) groups excluding carboxylic acids is 2. The van der Waals surface area contributed by atoms with Gasteiger partial charge in [0.2, 0.25) is 0 Å². The maximum absolute atomic E-state index is 12.6. The first kappa shape index (κ1) is 18.5. The van der Waals surface area contributed by atoms with Crippen molar-refractivity contribution in [2.45, 2.75) is 58.7 Å². The molecule has 1 unspecified atom stereocenters. The number of ketones is 1. The normalized spacial score (nSPS) is 30.2. The number of aliphatic hydroxyl groups is 1. The van der Waals surface area contributed by atoms with Crippen LogP contribution in [0.5, 0.6) is 0 Å². The fourth-order valence-electron chi connectivity index (χ4n) is 3.30. The van der Waals surface area contributed by atoms with Crippen molar-refractivity contribution >= 4 is 11.8 Å². The van der Waals surface area contributed by atoms with Gasteiger partial charge in [-0.25, -0.2) is 0 Å². The second-order valence-corrected chi connectivity index (χ2v) is 6.91. The minimum atomic E-state index is -1.02. The summed E-state index contributed by atoms with van der Waals surface area (Å²) in [4.78, 5) is 24.5. The molecule has 1 saturated heterocycles. The molecule has 2 aliphatic rings. The summed E-state index contributed by atoms with van der Waals surface area (Å²) in [6.45, 7) is 6.07. The Balaban J connectivity index is 2.23. The highest BCUT2D eigenvalue weighted by Gasteiger charge is 2.56. The molecule has 3 atom stereocenters. The second kappa shape index (κ2) is 7.34. The lowest BCUT2D eigenvalue weighted by Gasteiger charge is -2.34. The summed E-state index contributed by atoms with van der Waals surface area (Å²) < 4.78 is 10.4. The first-order chi connectivity index (χ1) is 11.3. The lowest BCUT2D eigenvalue weighted by molar-refractivity contribution is -0.140. The van der Waals surface area contributed by atoms with Crippen LogP contribution in [0, 0.1) is 5.41 Å². The van der Waals surface area contributed by atoms with Gasteiger partial charge in [-0.15, -0.1) is 0 Å². The number of carbonyl (C=O) groups is 2. The van der Waals surface area contributed by atoms with Crippen LogP contribution in [-0.4, -0.2) is 36.2 Å². The zero-order chi connectivity index (χ0) is 17.9. The second-order valence-electron chi connectivity index (χ2n) is 6.91. The van der Waals surface area contributed by atoms with E-state index >= 15 is 0 Å². The standard InChI is InChI=1S/C19H26O5/c1-12(2)6-5-7-13(3)8-17-19(11-18(22)24-17)10-14(20)15(23-4)9-16(19)21/h6,8-9,14,17,20H,5,7,10-11H2,1-4H3/t14-,17+,19?/m0/s1. The molecular weight excluding hydrogens is 308 g/mol. The van der Waals surface area contributed by atoms with Gasteiger partial charge in [-0.05, 0) is 46.1 Å². The Morgan fingerprint density at radius 2 is 2.12 bits per heavy atom. The van der Waals surface area contributed by atoms with Gasteiger partial charge in [-0.1, -0.05) is 17.2 Å². The number of ether oxygens (including phenoxy) is 2. The molecular formula is C19H26O5. The summed E-state index contributed by atoms with van der Waals surface area (Å²) in [7, 11) is 1.42. The molecule has 5 heteroatoms. The molecule has 0 amide bonds. The Hall–Kier alpha value is -1.88. The number of hydrogen-bond donors (Lipinski definition) is 1. The van der Waals surface area contributed by atoms with Crippen molar-refractivity contribution in [3.05, 3.63) is 35.1 Å². The number of methoxy groups -OCH3 is 1. The number of aliphatic hydroxyl groups excluding tert-OH is 1. The number of esters is 1. The fraction of sp³-hybridized carbons (Fsp3) is 0.579. The van der Waals surface area contributed by atoms with Crippen LogP contribution in [0.4, 0.5) is 0 Å². The van der Waals surface area contributed by atoms with E-state index in [1.54, 1.807) is 0 Å². The molecule has 1 aliphatic heterocycles. The van der Waals surface area contributed by atoms with Gasteiger partial charge < -0.3 is 14.6 Å². The average molecular weight is 334 g/mol. The lowest BCUT2D eigenvalue weighted by Crippen LogP contribution is -2.44. The predicted molar refractivity (Wildman–Crippen MR) is 90.1 cm³/mol. The Morgan fingerprint density at radius 3 is 2.75 bits per heavy atom. The summed E-state index contributed by atoms with van der Waals surface area (Å²) in [5, 5.41) is 10.2. The summed E-state index contributed by atoms with van der Waals surface area (Å²) in [6, 6.07) is 0. The third kappa shape index (κ3) is 3.78. The van der Waals surface area contributed by atoms with Crippen LogP contribution < -0.4 is 0 Å². The molecule has 0 aromatic carbocycles. The van der Waals surface area contributed by atoms with E-state index in [-0.39, 0.29) is 24.4 Å². The van der Waals surface area contributed by atoms with Crippen molar-refractivity contribution in [2.24, 2.45) is 5.41 Å². The van der Waals surface area contributed by atoms with Gasteiger partial charge in [-0.3, -0.25) is 9.59 Å². The molecule has 0 bridgehead atoms. The van der Waals surface area contributed by atoms with E-state index in [4.69, 9.17) is 9.47 Å². The molecule has 1 spiro atoms. The van der Waals surface area contributed by atoms with E-state index in [9.17, 15) is 14.7 Å². The summed E-state index contributed by atoms with van der Waals surface area (Å²) in [5.74, 6) is -0.370. The largest absolute Gasteiger partial charge is 0.498 e. The Morgan fingerprint density at radius 1 is 1.42 bits per heavy atom. The Bertz CT molecular complexity index is 609. The smallest absolute Gasteiger partial charge is 0.307 e. The van der Waals surface area contributed by atoms with Crippen LogP contribution in [0.2, 0.25) is 0 Å². The van der Waals surface area contributed by atoms with Crippen LogP contribution in [-0.2, 0) is 19.1 Å². The Kier molecular flexibility index (Phi) is 5.65. The molecule has 1 fully saturated rings. The van der Waals surface area contributed by atoms with E-state index in [2.05, 4.69) is 19.9 Å². The van der Waals surface area contributed by atoms with E-state index in [1.165, 1.54) is 18.8 Å². The van der Waals surface area contributed by atoms with Crippen LogP contribution in [0.3, 0.4) is 0 Å². The highest BCUT2D eigenvalue weighted by Crippen LogP contribution is 2.46. The number of rotatable bonds is 5. The van der Waals surface area contributed by atoms with Gasteiger partial charge in [0, 0.05) is 6.08 Å². The molecule has 132 valence electrons. The quantitative estimate of drug-likeness (QED) is 0.618. The third-order valence-corrected chi connectivity index (χ3v) is 4.68. The zero-order valence-corrected chi connectivity index (χ0v) is 14.8. The molecule has 0 aromatic rings. The molecule has 1 N–H and O–H groups in total. The average Bonchev–Trinajstić information content (AvgIpc) is 2.79.